The Morgan fingerprint density at radius 3 is 2.20 bits per heavy atom. The Morgan fingerprint density at radius 2 is 1.67 bits per heavy atom. The Hall–Kier alpha value is -2.75. The van der Waals surface area contributed by atoms with Crippen LogP contribution in [0.15, 0.2) is 0 Å². The standard InChI is InChI=1S/C27H44N2O3.C6H8O7/c1-5-6-7-22(29-4)25(31)32-23-15-27(3)18(16-28)9-11-21(27)20-10-8-17-14-19(30)12-13-26(17,2)24(20)23;7-3(8)1-6(13,5(11)12)2-4(9)10/h17-24,29-30H,5-15H2,1-4H3;13H,1-2H2,(H,7,8)(H,9,10)(H,11,12)/t17-,18+,19+,20-,21-,22?,23-,24+,26-,27+;/m0./s1. The van der Waals surface area contributed by atoms with Crippen LogP contribution in [0.1, 0.15) is 104 Å². The number of nitriles is 1. The van der Waals surface area contributed by atoms with E-state index in [2.05, 4.69) is 32.2 Å². The second kappa shape index (κ2) is 14.8. The van der Waals surface area contributed by atoms with Gasteiger partial charge in [0.25, 0.3) is 0 Å². The summed E-state index contributed by atoms with van der Waals surface area (Å²) in [4.78, 5) is 43.8. The number of unbranched alkanes of at least 4 members (excludes halogenated alkanes) is 1. The van der Waals surface area contributed by atoms with E-state index in [-0.39, 0.29) is 41.0 Å². The van der Waals surface area contributed by atoms with Crippen molar-refractivity contribution in [3.05, 3.63) is 0 Å². The molecule has 0 aromatic rings. The first-order chi connectivity index (χ1) is 21.1. The molecule has 1 unspecified atom stereocenters. The van der Waals surface area contributed by atoms with Gasteiger partial charge in [0, 0.05) is 5.92 Å². The van der Waals surface area contributed by atoms with Crippen molar-refractivity contribution in [1.29, 1.82) is 5.26 Å². The van der Waals surface area contributed by atoms with Crippen LogP contribution in [0, 0.1) is 51.8 Å². The topological polar surface area (TPSA) is 214 Å². The molecule has 6 N–H and O–H groups in total. The van der Waals surface area contributed by atoms with Crippen molar-refractivity contribution in [3.63, 3.8) is 0 Å². The number of aliphatic hydroxyl groups is 2. The summed E-state index contributed by atoms with van der Waals surface area (Å²) in [6.07, 6.45) is 8.28. The van der Waals surface area contributed by atoms with Gasteiger partial charge in [0.05, 0.1) is 30.9 Å². The van der Waals surface area contributed by atoms with Crippen LogP contribution in [0.4, 0.5) is 0 Å². The number of nitrogens with zero attached hydrogens (tertiary/aromatic N) is 1. The van der Waals surface area contributed by atoms with Crippen LogP contribution >= 0.6 is 0 Å². The third-order valence-electron chi connectivity index (χ3n) is 11.7. The van der Waals surface area contributed by atoms with E-state index in [1.807, 2.05) is 7.05 Å². The predicted octanol–water partition coefficient (Wildman–Crippen LogP) is 3.58. The molecule has 0 bridgehead atoms. The Balaban J connectivity index is 0.000000360. The fourth-order valence-electron chi connectivity index (χ4n) is 9.38. The van der Waals surface area contributed by atoms with Gasteiger partial charge in [-0.3, -0.25) is 14.4 Å². The van der Waals surface area contributed by atoms with Gasteiger partial charge in [0.15, 0.2) is 5.60 Å². The quantitative estimate of drug-likeness (QED) is 0.180. The predicted molar refractivity (Wildman–Crippen MR) is 162 cm³/mol. The number of fused-ring (bicyclic) bond motifs is 5. The molecule has 0 amide bonds. The van der Waals surface area contributed by atoms with Gasteiger partial charge in [-0.15, -0.1) is 0 Å². The molecule has 4 fully saturated rings. The number of rotatable bonds is 11. The van der Waals surface area contributed by atoms with Crippen molar-refractivity contribution in [1.82, 2.24) is 5.32 Å². The van der Waals surface area contributed by atoms with Crippen LogP contribution in [0.25, 0.3) is 0 Å². The van der Waals surface area contributed by atoms with E-state index >= 15 is 0 Å². The van der Waals surface area contributed by atoms with Crippen molar-refractivity contribution in [2.45, 2.75) is 128 Å². The molecule has 0 radical (unpaired) electrons. The molecule has 0 aromatic heterocycles. The lowest BCUT2D eigenvalue weighted by Crippen LogP contribution is -2.60. The molecule has 0 saturated heterocycles. The molecular weight excluding hydrogens is 584 g/mol. The van der Waals surface area contributed by atoms with Crippen LogP contribution in [0.5, 0.6) is 0 Å². The molecule has 4 rings (SSSR count). The maximum absolute atomic E-state index is 13.3. The molecule has 0 aromatic carbocycles. The van der Waals surface area contributed by atoms with Gasteiger partial charge in [0.1, 0.15) is 12.1 Å². The van der Waals surface area contributed by atoms with E-state index in [1.165, 1.54) is 0 Å². The van der Waals surface area contributed by atoms with Gasteiger partial charge in [-0.2, -0.15) is 5.26 Å². The van der Waals surface area contributed by atoms with E-state index in [0.29, 0.717) is 23.7 Å². The third kappa shape index (κ3) is 7.80. The Labute approximate surface area is 265 Å². The second-order valence-electron chi connectivity index (χ2n) is 14.4. The molecule has 0 spiro atoms. The minimum atomic E-state index is -2.74. The first-order valence-electron chi connectivity index (χ1n) is 16.4. The summed E-state index contributed by atoms with van der Waals surface area (Å²) in [6.45, 7) is 6.88. The molecule has 254 valence electrons. The second-order valence-corrected chi connectivity index (χ2v) is 14.4. The van der Waals surface area contributed by atoms with Crippen molar-refractivity contribution >= 4 is 23.9 Å². The van der Waals surface area contributed by atoms with Gasteiger partial charge in [0.2, 0.25) is 0 Å². The molecular formula is C33H52N2O10. The smallest absolute Gasteiger partial charge is 0.336 e. The van der Waals surface area contributed by atoms with Gasteiger partial charge >= 0.3 is 23.9 Å². The highest BCUT2D eigenvalue weighted by molar-refractivity contribution is 5.88. The van der Waals surface area contributed by atoms with Gasteiger partial charge in [-0.25, -0.2) is 4.79 Å². The van der Waals surface area contributed by atoms with Crippen LogP contribution in [-0.2, 0) is 23.9 Å². The summed E-state index contributed by atoms with van der Waals surface area (Å²) in [5.74, 6) is -3.15. The number of carbonyl (C=O) groups is 4. The first kappa shape index (κ1) is 36.7. The number of hydrogen-bond acceptors (Lipinski definition) is 9. The minimum absolute atomic E-state index is 0.0587. The summed E-state index contributed by atoms with van der Waals surface area (Å²) in [5.41, 5.74) is -2.69. The number of carboxylic acids is 3. The SMILES string of the molecule is CCCCC(NC)C(=O)O[C@H]1C[C@]2(C)[C@@H](C#N)CC[C@H]2[C@@H]2CC[C@H]3C[C@H](O)CC[C@]3(C)[C@H]21.O=C(O)CC(O)(CC(=O)O)C(=O)O. The Morgan fingerprint density at radius 1 is 1.02 bits per heavy atom. The number of aliphatic hydroxyl groups excluding tert-OH is 1. The largest absolute Gasteiger partial charge is 0.481 e. The lowest BCUT2D eigenvalue weighted by molar-refractivity contribution is -0.199. The Bertz CT molecular complexity index is 1120. The summed E-state index contributed by atoms with van der Waals surface area (Å²) >= 11 is 0. The van der Waals surface area contributed by atoms with Crippen molar-refractivity contribution < 1.29 is 49.4 Å². The fourth-order valence-corrected chi connectivity index (χ4v) is 9.38. The number of carbonyl (C=O) groups excluding carboxylic acids is 1. The zero-order chi connectivity index (χ0) is 33.7. The number of aliphatic carboxylic acids is 3. The molecule has 0 aliphatic heterocycles. The van der Waals surface area contributed by atoms with E-state index in [1.54, 1.807) is 0 Å². The number of nitrogens with one attached hydrogen (secondary N) is 1. The van der Waals surface area contributed by atoms with E-state index in [0.717, 1.165) is 70.6 Å². The summed E-state index contributed by atoms with van der Waals surface area (Å²) < 4.78 is 6.44. The molecule has 4 aliphatic carbocycles. The average Bonchev–Trinajstić information content (AvgIpc) is 3.28. The summed E-state index contributed by atoms with van der Waals surface area (Å²) in [7, 11) is 1.85. The number of esters is 1. The molecule has 4 saturated carbocycles. The molecule has 4 aliphatic rings. The Kier molecular flexibility index (Phi) is 12.1. The zero-order valence-corrected chi connectivity index (χ0v) is 27.0. The molecule has 10 atom stereocenters. The fraction of sp³-hybridized carbons (Fsp3) is 0.848. The lowest BCUT2D eigenvalue weighted by atomic mass is 9.44. The van der Waals surface area contributed by atoms with Crippen LogP contribution in [-0.4, -0.2) is 80.3 Å². The number of carboxylic acid groups (broad SMARTS) is 3. The average molecular weight is 637 g/mol. The minimum Gasteiger partial charge on any atom is -0.481 e. The summed E-state index contributed by atoms with van der Waals surface area (Å²) in [6, 6.07) is 2.37. The van der Waals surface area contributed by atoms with E-state index in [9.17, 15) is 29.5 Å². The highest BCUT2D eigenvalue weighted by Crippen LogP contribution is 2.67. The normalized spacial score (nSPS) is 36.1. The maximum atomic E-state index is 13.3. The van der Waals surface area contributed by atoms with Crippen molar-refractivity contribution in [3.8, 4) is 6.07 Å². The highest BCUT2D eigenvalue weighted by Gasteiger charge is 2.64. The molecule has 45 heavy (non-hydrogen) atoms. The first-order valence-corrected chi connectivity index (χ1v) is 16.4. The number of likely N-dealkylation sites (N-methyl/N-ethyl adjacent to an activating group) is 1. The number of ether oxygens (including phenoxy) is 1. The molecule has 12 nitrogen and oxygen atoms in total. The van der Waals surface area contributed by atoms with E-state index in [4.69, 9.17) is 25.2 Å². The van der Waals surface area contributed by atoms with Crippen LogP contribution in [0.3, 0.4) is 0 Å². The van der Waals surface area contributed by atoms with Gasteiger partial charge in [-0.05, 0) is 93.4 Å². The summed E-state index contributed by atoms with van der Waals surface area (Å²) in [5, 5.41) is 57.3. The molecule has 0 heterocycles. The highest BCUT2D eigenvalue weighted by atomic mass is 16.5. The third-order valence-corrected chi connectivity index (χ3v) is 11.7. The van der Waals surface area contributed by atoms with Crippen molar-refractivity contribution in [2.75, 3.05) is 7.05 Å². The molecule has 12 heteroatoms. The maximum Gasteiger partial charge on any atom is 0.336 e. The van der Waals surface area contributed by atoms with Crippen LogP contribution in [0.2, 0.25) is 0 Å². The van der Waals surface area contributed by atoms with Gasteiger partial charge in [-0.1, -0.05) is 33.6 Å². The lowest BCUT2D eigenvalue weighted by Gasteiger charge is -2.62. The van der Waals surface area contributed by atoms with Crippen molar-refractivity contribution in [2.24, 2.45) is 40.4 Å². The number of hydrogen-bond donors (Lipinski definition) is 6. The monoisotopic (exact) mass is 636 g/mol. The zero-order valence-electron chi connectivity index (χ0n) is 27.0. The van der Waals surface area contributed by atoms with Gasteiger partial charge < -0.3 is 35.6 Å². The van der Waals surface area contributed by atoms with E-state index < -0.39 is 36.4 Å². The van der Waals surface area contributed by atoms with Crippen LogP contribution < -0.4 is 5.32 Å².